The highest BCUT2D eigenvalue weighted by Crippen LogP contribution is 2.14. The molecular formula is C11H7FN4. The van der Waals surface area contributed by atoms with Gasteiger partial charge in [-0.2, -0.15) is 9.07 Å². The van der Waals surface area contributed by atoms with E-state index in [-0.39, 0.29) is 0 Å². The van der Waals surface area contributed by atoms with E-state index >= 15 is 0 Å². The van der Waals surface area contributed by atoms with Crippen molar-refractivity contribution in [1.29, 1.82) is 0 Å². The summed E-state index contributed by atoms with van der Waals surface area (Å²) < 4.78 is 14.5. The molecule has 0 bridgehead atoms. The first-order valence-corrected chi connectivity index (χ1v) is 4.78. The summed E-state index contributed by atoms with van der Waals surface area (Å²) in [6.07, 6.45) is 0. The average molecular weight is 214 g/mol. The maximum Gasteiger partial charge on any atom is 0.214 e. The van der Waals surface area contributed by atoms with Gasteiger partial charge in [0.2, 0.25) is 5.95 Å². The van der Waals surface area contributed by atoms with Crippen LogP contribution >= 0.6 is 0 Å². The number of aromatic nitrogens is 4. The number of fused-ring (bicyclic) bond motifs is 1. The van der Waals surface area contributed by atoms with Gasteiger partial charge in [-0.3, -0.25) is 0 Å². The first kappa shape index (κ1) is 8.96. The molecular weight excluding hydrogens is 207 g/mol. The fourth-order valence-electron chi connectivity index (χ4n) is 1.55. The minimum Gasteiger partial charge on any atom is -0.200 e. The molecule has 16 heavy (non-hydrogen) atoms. The summed E-state index contributed by atoms with van der Waals surface area (Å²) in [6, 6.07) is 12.0. The number of nitrogens with zero attached hydrogens (tertiary/aromatic N) is 4. The fraction of sp³-hybridized carbons (Fsp3) is 0. The summed E-state index contributed by atoms with van der Waals surface area (Å²) >= 11 is 0. The molecule has 0 aliphatic heterocycles. The van der Waals surface area contributed by atoms with Crippen LogP contribution < -0.4 is 0 Å². The predicted molar refractivity (Wildman–Crippen MR) is 56.6 cm³/mol. The Bertz CT molecular complexity index is 647. The number of pyridine rings is 1. The van der Waals surface area contributed by atoms with E-state index in [1.54, 1.807) is 12.1 Å². The molecule has 2 aromatic heterocycles. The number of rotatable bonds is 1. The van der Waals surface area contributed by atoms with Crippen LogP contribution in [0.25, 0.3) is 16.9 Å². The molecule has 1 aromatic carbocycles. The van der Waals surface area contributed by atoms with Gasteiger partial charge in [0.1, 0.15) is 5.52 Å². The summed E-state index contributed by atoms with van der Waals surface area (Å²) in [7, 11) is 0. The van der Waals surface area contributed by atoms with Crippen LogP contribution in [-0.2, 0) is 0 Å². The van der Waals surface area contributed by atoms with Gasteiger partial charge < -0.3 is 0 Å². The molecule has 0 saturated carbocycles. The van der Waals surface area contributed by atoms with Crippen molar-refractivity contribution in [2.75, 3.05) is 0 Å². The van der Waals surface area contributed by atoms with Gasteiger partial charge in [-0.15, -0.1) is 5.10 Å². The Morgan fingerprint density at radius 3 is 2.75 bits per heavy atom. The molecule has 0 atom stereocenters. The lowest BCUT2D eigenvalue weighted by Gasteiger charge is -1.99. The minimum absolute atomic E-state index is 0.425. The van der Waals surface area contributed by atoms with E-state index in [1.807, 2.05) is 24.3 Å². The largest absolute Gasteiger partial charge is 0.214 e. The molecule has 3 rings (SSSR count). The summed E-state index contributed by atoms with van der Waals surface area (Å²) in [5.74, 6) is -0.106. The molecule has 0 aliphatic rings. The summed E-state index contributed by atoms with van der Waals surface area (Å²) in [5, 5.41) is 7.92. The van der Waals surface area contributed by atoms with Crippen molar-refractivity contribution in [3.8, 4) is 5.82 Å². The molecule has 3 aromatic rings. The maximum atomic E-state index is 13.0. The summed E-state index contributed by atoms with van der Waals surface area (Å²) in [4.78, 5) is 3.76. The van der Waals surface area contributed by atoms with E-state index in [0.29, 0.717) is 5.82 Å². The van der Waals surface area contributed by atoms with Crippen LogP contribution in [0, 0.1) is 5.95 Å². The third kappa shape index (κ3) is 1.33. The standard InChI is InChI=1S/C11H7FN4/c12-10-6-3-7-11(13-10)16-9-5-2-1-4-8(9)14-15-16/h1-7H. The van der Waals surface area contributed by atoms with Gasteiger partial charge in [0, 0.05) is 0 Å². The maximum absolute atomic E-state index is 13.0. The number of hydrogen-bond acceptors (Lipinski definition) is 3. The lowest BCUT2D eigenvalue weighted by molar-refractivity contribution is 0.577. The van der Waals surface area contributed by atoms with E-state index in [1.165, 1.54) is 10.7 Å². The summed E-state index contributed by atoms with van der Waals surface area (Å²) in [6.45, 7) is 0. The van der Waals surface area contributed by atoms with Crippen molar-refractivity contribution >= 4 is 11.0 Å². The van der Waals surface area contributed by atoms with Crippen LogP contribution in [0.3, 0.4) is 0 Å². The molecule has 0 radical (unpaired) electrons. The predicted octanol–water partition coefficient (Wildman–Crippen LogP) is 1.95. The highest BCUT2D eigenvalue weighted by atomic mass is 19.1. The number of para-hydroxylation sites is 1. The SMILES string of the molecule is Fc1cccc(-n2nnc3ccccc32)n1. The number of hydrogen-bond donors (Lipinski definition) is 0. The second-order valence-electron chi connectivity index (χ2n) is 3.31. The van der Waals surface area contributed by atoms with E-state index in [2.05, 4.69) is 15.3 Å². The van der Waals surface area contributed by atoms with Crippen molar-refractivity contribution in [2.24, 2.45) is 0 Å². The van der Waals surface area contributed by atoms with Crippen LogP contribution in [0.1, 0.15) is 0 Å². The Hall–Kier alpha value is -2.30. The van der Waals surface area contributed by atoms with Gasteiger partial charge in [-0.05, 0) is 24.3 Å². The lowest BCUT2D eigenvalue weighted by atomic mass is 10.3. The molecule has 4 nitrogen and oxygen atoms in total. The molecule has 0 amide bonds. The smallest absolute Gasteiger partial charge is 0.200 e. The Kier molecular flexibility index (Phi) is 1.89. The van der Waals surface area contributed by atoms with Crippen LogP contribution in [0.2, 0.25) is 0 Å². The lowest BCUT2D eigenvalue weighted by Crippen LogP contribution is -2.00. The molecule has 78 valence electrons. The third-order valence-corrected chi connectivity index (χ3v) is 2.27. The van der Waals surface area contributed by atoms with Crippen molar-refractivity contribution in [2.45, 2.75) is 0 Å². The van der Waals surface area contributed by atoms with Crippen LogP contribution in [0.5, 0.6) is 0 Å². The highest BCUT2D eigenvalue weighted by Gasteiger charge is 2.06. The number of halogens is 1. The Morgan fingerprint density at radius 2 is 1.88 bits per heavy atom. The molecule has 5 heteroatoms. The first-order valence-electron chi connectivity index (χ1n) is 4.78. The van der Waals surface area contributed by atoms with E-state index < -0.39 is 5.95 Å². The molecule has 0 spiro atoms. The average Bonchev–Trinajstić information content (AvgIpc) is 2.72. The molecule has 0 aliphatic carbocycles. The van der Waals surface area contributed by atoms with Crippen LogP contribution in [0.4, 0.5) is 4.39 Å². The Morgan fingerprint density at radius 1 is 1.00 bits per heavy atom. The minimum atomic E-state index is -0.530. The van der Waals surface area contributed by atoms with Gasteiger partial charge in [0.25, 0.3) is 0 Å². The fourth-order valence-corrected chi connectivity index (χ4v) is 1.55. The normalized spacial score (nSPS) is 10.8. The summed E-state index contributed by atoms with van der Waals surface area (Å²) in [5.41, 5.74) is 1.56. The van der Waals surface area contributed by atoms with Gasteiger partial charge in [-0.1, -0.05) is 23.4 Å². The highest BCUT2D eigenvalue weighted by molar-refractivity contribution is 5.75. The Labute approximate surface area is 90.4 Å². The monoisotopic (exact) mass is 214 g/mol. The zero-order valence-corrected chi connectivity index (χ0v) is 8.21. The molecule has 0 saturated heterocycles. The quantitative estimate of drug-likeness (QED) is 0.581. The van der Waals surface area contributed by atoms with Gasteiger partial charge in [0.15, 0.2) is 5.82 Å². The second-order valence-corrected chi connectivity index (χ2v) is 3.31. The van der Waals surface area contributed by atoms with E-state index in [0.717, 1.165) is 11.0 Å². The van der Waals surface area contributed by atoms with E-state index in [9.17, 15) is 4.39 Å². The molecule has 2 heterocycles. The Balaban J connectivity index is 2.26. The van der Waals surface area contributed by atoms with Crippen molar-refractivity contribution in [3.63, 3.8) is 0 Å². The topological polar surface area (TPSA) is 43.6 Å². The number of benzene rings is 1. The second kappa shape index (κ2) is 3.37. The third-order valence-electron chi connectivity index (χ3n) is 2.27. The van der Waals surface area contributed by atoms with Crippen LogP contribution in [0.15, 0.2) is 42.5 Å². The van der Waals surface area contributed by atoms with Crippen LogP contribution in [-0.4, -0.2) is 20.0 Å². The molecule has 0 unspecified atom stereocenters. The molecule has 0 fully saturated rings. The van der Waals surface area contributed by atoms with E-state index in [4.69, 9.17) is 0 Å². The van der Waals surface area contributed by atoms with Crippen molar-refractivity contribution in [1.82, 2.24) is 20.0 Å². The first-order chi connectivity index (χ1) is 7.84. The van der Waals surface area contributed by atoms with Gasteiger partial charge in [0.05, 0.1) is 5.52 Å². The zero-order chi connectivity index (χ0) is 11.0. The van der Waals surface area contributed by atoms with Crippen molar-refractivity contribution < 1.29 is 4.39 Å². The zero-order valence-electron chi connectivity index (χ0n) is 8.21. The van der Waals surface area contributed by atoms with Crippen molar-refractivity contribution in [3.05, 3.63) is 48.4 Å². The van der Waals surface area contributed by atoms with Gasteiger partial charge >= 0.3 is 0 Å². The molecule has 0 N–H and O–H groups in total. The van der Waals surface area contributed by atoms with Gasteiger partial charge in [-0.25, -0.2) is 4.98 Å².